The third kappa shape index (κ3) is 9.68. The molecule has 0 aromatic heterocycles. The van der Waals surface area contributed by atoms with E-state index >= 15 is 0 Å². The molecule has 2 atom stereocenters. The highest BCUT2D eigenvalue weighted by Crippen LogP contribution is 2.26. The number of hydrogen-bond acceptors (Lipinski definition) is 6. The van der Waals surface area contributed by atoms with E-state index in [2.05, 4.69) is 21.3 Å². The van der Waals surface area contributed by atoms with Crippen LogP contribution in [-0.4, -0.2) is 55.8 Å². The van der Waals surface area contributed by atoms with E-state index in [4.69, 9.17) is 4.74 Å². The molecule has 4 amide bonds. The van der Waals surface area contributed by atoms with Crippen LogP contribution in [0.25, 0.3) is 0 Å². The van der Waals surface area contributed by atoms with Gasteiger partial charge in [0.2, 0.25) is 21.8 Å². The SMILES string of the molecule is Cc1ccccc1NC(=O)Nc1ccc(CC(=O)Nc2ccc(OCC[C@@H](C)NC(=O)[C@@H]3CCCN3S(=O)(=O)c3ccccc3)cc2)cc1. The summed E-state index contributed by atoms with van der Waals surface area (Å²) in [6, 6.07) is 28.5. The molecule has 1 heterocycles. The van der Waals surface area contributed by atoms with Crippen LogP contribution in [0.1, 0.15) is 37.3 Å². The van der Waals surface area contributed by atoms with Crippen LogP contribution < -0.4 is 26.0 Å². The topological polar surface area (TPSA) is 146 Å². The number of nitrogens with zero attached hydrogens (tertiary/aromatic N) is 1. The number of hydrogen-bond donors (Lipinski definition) is 4. The molecule has 1 aliphatic heterocycles. The van der Waals surface area contributed by atoms with Gasteiger partial charge in [-0.2, -0.15) is 4.31 Å². The van der Waals surface area contributed by atoms with Crippen molar-refractivity contribution in [1.82, 2.24) is 9.62 Å². The first-order chi connectivity index (χ1) is 23.6. The second kappa shape index (κ2) is 16.3. The summed E-state index contributed by atoms with van der Waals surface area (Å²) in [6.07, 6.45) is 1.78. The molecule has 12 heteroatoms. The summed E-state index contributed by atoms with van der Waals surface area (Å²) >= 11 is 0. The molecule has 1 aliphatic rings. The minimum absolute atomic E-state index is 0.161. The minimum Gasteiger partial charge on any atom is -0.494 e. The van der Waals surface area contributed by atoms with Crippen molar-refractivity contribution in [2.24, 2.45) is 0 Å². The predicted molar refractivity (Wildman–Crippen MR) is 190 cm³/mol. The molecular formula is C37H41N5O6S. The van der Waals surface area contributed by atoms with Gasteiger partial charge < -0.3 is 26.0 Å². The second-order valence-electron chi connectivity index (χ2n) is 12.0. The molecule has 4 N–H and O–H groups in total. The Morgan fingerprint density at radius 2 is 1.49 bits per heavy atom. The fraction of sp³-hybridized carbons (Fsp3) is 0.270. The molecule has 256 valence electrons. The third-order valence-electron chi connectivity index (χ3n) is 8.17. The van der Waals surface area contributed by atoms with Crippen molar-refractivity contribution in [1.29, 1.82) is 0 Å². The zero-order valence-electron chi connectivity index (χ0n) is 27.5. The fourth-order valence-electron chi connectivity index (χ4n) is 5.51. The van der Waals surface area contributed by atoms with Gasteiger partial charge in [-0.05, 0) is 92.4 Å². The van der Waals surface area contributed by atoms with E-state index in [0.717, 1.165) is 16.8 Å². The van der Waals surface area contributed by atoms with Crippen LogP contribution in [0.2, 0.25) is 0 Å². The average molecular weight is 684 g/mol. The maximum atomic E-state index is 13.1. The number of rotatable bonds is 13. The highest BCUT2D eigenvalue weighted by Gasteiger charge is 2.39. The Hall–Kier alpha value is -5.20. The van der Waals surface area contributed by atoms with E-state index < -0.39 is 16.1 Å². The molecular weight excluding hydrogens is 643 g/mol. The van der Waals surface area contributed by atoms with Gasteiger partial charge in [0.1, 0.15) is 11.8 Å². The molecule has 1 fully saturated rings. The van der Waals surface area contributed by atoms with Crippen molar-refractivity contribution in [3.63, 3.8) is 0 Å². The molecule has 0 bridgehead atoms. The van der Waals surface area contributed by atoms with Gasteiger partial charge in [0, 0.05) is 36.1 Å². The van der Waals surface area contributed by atoms with Crippen LogP contribution in [0.3, 0.4) is 0 Å². The van der Waals surface area contributed by atoms with Gasteiger partial charge in [-0.1, -0.05) is 48.5 Å². The number of anilines is 3. The molecule has 49 heavy (non-hydrogen) atoms. The standard InChI is InChI=1S/C37H41N5O6S/c1-26-9-6-7-12-33(26)41-37(45)40-30-16-14-28(15-17-30)25-35(43)39-29-18-20-31(21-19-29)48-24-22-27(2)38-36(44)34-13-8-23-42(34)49(46,47)32-10-4-3-5-11-32/h3-7,9-12,14-21,27,34H,8,13,22-25H2,1-2H3,(H,38,44)(H,39,43)(H2,40,41,45)/t27-,34+/m1/s1. The average Bonchev–Trinajstić information content (AvgIpc) is 3.60. The predicted octanol–water partition coefficient (Wildman–Crippen LogP) is 5.95. The monoisotopic (exact) mass is 683 g/mol. The van der Waals surface area contributed by atoms with Gasteiger partial charge in [-0.25, -0.2) is 13.2 Å². The van der Waals surface area contributed by atoms with Crippen LogP contribution in [0, 0.1) is 6.92 Å². The molecule has 0 aliphatic carbocycles. The third-order valence-corrected chi connectivity index (χ3v) is 10.1. The molecule has 5 rings (SSSR count). The van der Waals surface area contributed by atoms with E-state index in [1.807, 2.05) is 38.1 Å². The summed E-state index contributed by atoms with van der Waals surface area (Å²) in [6.45, 7) is 4.42. The van der Waals surface area contributed by atoms with Crippen molar-refractivity contribution in [2.45, 2.75) is 56.5 Å². The van der Waals surface area contributed by atoms with Gasteiger partial charge in [-0.3, -0.25) is 9.59 Å². The Labute approximate surface area is 287 Å². The number of urea groups is 1. The second-order valence-corrected chi connectivity index (χ2v) is 13.9. The Morgan fingerprint density at radius 1 is 0.837 bits per heavy atom. The van der Waals surface area contributed by atoms with E-state index in [0.29, 0.717) is 49.5 Å². The number of ether oxygens (including phenoxy) is 1. The highest BCUT2D eigenvalue weighted by molar-refractivity contribution is 7.89. The number of benzene rings is 4. The summed E-state index contributed by atoms with van der Waals surface area (Å²) in [5.41, 5.74) is 3.72. The Morgan fingerprint density at radius 3 is 2.20 bits per heavy atom. The zero-order valence-corrected chi connectivity index (χ0v) is 28.3. The van der Waals surface area contributed by atoms with Crippen LogP contribution in [0.4, 0.5) is 21.9 Å². The van der Waals surface area contributed by atoms with Gasteiger partial charge in [-0.15, -0.1) is 0 Å². The molecule has 0 radical (unpaired) electrons. The van der Waals surface area contributed by atoms with E-state index in [1.54, 1.807) is 78.9 Å². The van der Waals surface area contributed by atoms with Crippen molar-refractivity contribution in [3.05, 3.63) is 114 Å². The first-order valence-corrected chi connectivity index (χ1v) is 17.6. The Bertz CT molecular complexity index is 1850. The van der Waals surface area contributed by atoms with Crippen molar-refractivity contribution >= 4 is 44.9 Å². The number of carbonyl (C=O) groups excluding carboxylic acids is 3. The normalized spacial score (nSPS) is 15.2. The highest BCUT2D eigenvalue weighted by atomic mass is 32.2. The number of para-hydroxylation sites is 1. The quantitative estimate of drug-likeness (QED) is 0.137. The van der Waals surface area contributed by atoms with Gasteiger partial charge in [0.15, 0.2) is 0 Å². The lowest BCUT2D eigenvalue weighted by atomic mass is 10.1. The van der Waals surface area contributed by atoms with Crippen LogP contribution in [0.5, 0.6) is 5.75 Å². The molecule has 1 saturated heterocycles. The summed E-state index contributed by atoms with van der Waals surface area (Å²) in [7, 11) is -3.76. The van der Waals surface area contributed by atoms with Crippen LogP contribution in [0.15, 0.2) is 108 Å². The van der Waals surface area contributed by atoms with Crippen molar-refractivity contribution in [2.75, 3.05) is 29.1 Å². The zero-order chi connectivity index (χ0) is 34.8. The molecule has 11 nitrogen and oxygen atoms in total. The van der Waals surface area contributed by atoms with Crippen LogP contribution in [-0.2, 0) is 26.0 Å². The van der Waals surface area contributed by atoms with Gasteiger partial charge >= 0.3 is 6.03 Å². The first kappa shape index (κ1) is 35.1. The molecule has 0 spiro atoms. The van der Waals surface area contributed by atoms with Gasteiger partial charge in [0.05, 0.1) is 17.9 Å². The Balaban J connectivity index is 1.02. The number of aryl methyl sites for hydroxylation is 1. The lowest BCUT2D eigenvalue weighted by Crippen LogP contribution is -2.48. The van der Waals surface area contributed by atoms with Gasteiger partial charge in [0.25, 0.3) is 0 Å². The number of sulfonamides is 1. The minimum atomic E-state index is -3.76. The maximum Gasteiger partial charge on any atom is 0.323 e. The first-order valence-electron chi connectivity index (χ1n) is 16.2. The lowest BCUT2D eigenvalue weighted by molar-refractivity contribution is -0.124. The van der Waals surface area contributed by atoms with Crippen molar-refractivity contribution < 1.29 is 27.5 Å². The van der Waals surface area contributed by atoms with Crippen LogP contribution >= 0.6 is 0 Å². The number of amides is 4. The summed E-state index contributed by atoms with van der Waals surface area (Å²) < 4.78 is 33.4. The molecule has 4 aromatic carbocycles. The molecule has 4 aromatic rings. The summed E-state index contributed by atoms with van der Waals surface area (Å²) in [5.74, 6) is 0.120. The van der Waals surface area contributed by atoms with E-state index in [-0.39, 0.29) is 35.2 Å². The summed E-state index contributed by atoms with van der Waals surface area (Å²) in [5, 5.41) is 11.4. The van der Waals surface area contributed by atoms with E-state index in [9.17, 15) is 22.8 Å². The van der Waals surface area contributed by atoms with E-state index in [1.165, 1.54) is 4.31 Å². The fourth-order valence-corrected chi connectivity index (χ4v) is 7.19. The molecule has 0 saturated carbocycles. The van der Waals surface area contributed by atoms with Crippen molar-refractivity contribution in [3.8, 4) is 5.75 Å². The molecule has 0 unspecified atom stereocenters. The lowest BCUT2D eigenvalue weighted by Gasteiger charge is -2.25. The maximum absolute atomic E-state index is 13.1. The smallest absolute Gasteiger partial charge is 0.323 e. The Kier molecular flexibility index (Phi) is 11.7. The number of nitrogens with one attached hydrogen (secondary N) is 4. The largest absolute Gasteiger partial charge is 0.494 e. The summed E-state index contributed by atoms with van der Waals surface area (Å²) in [4.78, 5) is 38.2. The number of carbonyl (C=O) groups is 3.